The van der Waals surface area contributed by atoms with Gasteiger partial charge in [0.25, 0.3) is 5.91 Å². The van der Waals surface area contributed by atoms with Crippen molar-refractivity contribution in [2.75, 3.05) is 27.9 Å². The maximum absolute atomic E-state index is 12.5. The Hall–Kier alpha value is -2.26. The number of carbonyl (C=O) groups is 2. The quantitative estimate of drug-likeness (QED) is 0.567. The van der Waals surface area contributed by atoms with Gasteiger partial charge in [0.15, 0.2) is 11.5 Å². The molecule has 0 unspecified atom stereocenters. The number of hydrogen-bond donors (Lipinski definition) is 1. The Bertz CT molecular complexity index is 746. The highest BCUT2D eigenvalue weighted by Crippen LogP contribution is 2.38. The number of amides is 1. The van der Waals surface area contributed by atoms with Gasteiger partial charge >= 0.3 is 5.97 Å². The first kappa shape index (κ1) is 19.1. The second-order valence-electron chi connectivity index (χ2n) is 4.93. The van der Waals surface area contributed by atoms with E-state index in [1.807, 2.05) is 0 Å². The van der Waals surface area contributed by atoms with Gasteiger partial charge in [0.1, 0.15) is 10.1 Å². The Labute approximate surface area is 154 Å². The molecule has 1 aliphatic heterocycles. The minimum absolute atomic E-state index is 0.0421. The molecule has 1 aromatic carbocycles. The Morgan fingerprint density at radius 3 is 2.36 bits per heavy atom. The summed E-state index contributed by atoms with van der Waals surface area (Å²) in [5, 5.41) is 8.78. The van der Waals surface area contributed by atoms with Gasteiger partial charge in [-0.25, -0.2) is 0 Å². The van der Waals surface area contributed by atoms with E-state index in [2.05, 4.69) is 0 Å². The maximum atomic E-state index is 12.5. The molecule has 25 heavy (non-hydrogen) atoms. The van der Waals surface area contributed by atoms with Gasteiger partial charge in [0, 0.05) is 18.2 Å². The average Bonchev–Trinajstić information content (AvgIpc) is 2.85. The number of carboxylic acids is 1. The summed E-state index contributed by atoms with van der Waals surface area (Å²) in [5.74, 6) is 0.197. The first-order valence-electron chi connectivity index (χ1n) is 7.18. The van der Waals surface area contributed by atoms with Gasteiger partial charge in [-0.2, -0.15) is 0 Å². The Kier molecular flexibility index (Phi) is 6.27. The zero-order valence-corrected chi connectivity index (χ0v) is 15.5. The van der Waals surface area contributed by atoms with Crippen molar-refractivity contribution in [3.63, 3.8) is 0 Å². The molecule has 1 amide bonds. The lowest BCUT2D eigenvalue weighted by atomic mass is 10.1. The molecule has 0 bridgehead atoms. The van der Waals surface area contributed by atoms with E-state index in [0.717, 1.165) is 11.8 Å². The zero-order valence-electron chi connectivity index (χ0n) is 13.9. The van der Waals surface area contributed by atoms with E-state index in [-0.39, 0.29) is 18.9 Å². The predicted molar refractivity (Wildman–Crippen MR) is 98.2 cm³/mol. The van der Waals surface area contributed by atoms with Crippen LogP contribution in [0.2, 0.25) is 0 Å². The van der Waals surface area contributed by atoms with Gasteiger partial charge in [-0.15, -0.1) is 0 Å². The molecule has 1 N–H and O–H groups in total. The summed E-state index contributed by atoms with van der Waals surface area (Å²) < 4.78 is 16.2. The molecule has 0 saturated carbocycles. The fourth-order valence-electron chi connectivity index (χ4n) is 2.21. The van der Waals surface area contributed by atoms with Crippen LogP contribution < -0.4 is 14.2 Å². The molecule has 0 spiro atoms. The van der Waals surface area contributed by atoms with Crippen LogP contribution in [0.5, 0.6) is 17.2 Å². The molecule has 9 heteroatoms. The number of hydrogen-bond acceptors (Lipinski definition) is 7. The molecular weight excluding hydrogens is 366 g/mol. The Morgan fingerprint density at radius 1 is 1.20 bits per heavy atom. The molecule has 2 rings (SSSR count). The molecule has 1 aliphatic rings. The summed E-state index contributed by atoms with van der Waals surface area (Å²) >= 11 is 6.29. The molecule has 134 valence electrons. The van der Waals surface area contributed by atoms with Crippen molar-refractivity contribution in [3.8, 4) is 17.2 Å². The molecule has 7 nitrogen and oxygen atoms in total. The van der Waals surface area contributed by atoms with Gasteiger partial charge in [-0.1, -0.05) is 24.0 Å². The highest BCUT2D eigenvalue weighted by molar-refractivity contribution is 8.26. The normalized spacial score (nSPS) is 15.6. The average molecular weight is 383 g/mol. The molecule has 1 saturated heterocycles. The van der Waals surface area contributed by atoms with Crippen LogP contribution in [0.3, 0.4) is 0 Å². The van der Waals surface area contributed by atoms with Crippen LogP contribution in [0.1, 0.15) is 12.0 Å². The number of methoxy groups -OCH3 is 3. The molecule has 0 atom stereocenters. The standard InChI is InChI=1S/C16H17NO6S2/c1-21-10-8-12(23-3)11(22-2)6-9(10)7-13-15(20)17(16(24)25-13)5-4-14(18)19/h6-8H,4-5H2,1-3H3,(H,18,19)/b13-7-. The monoisotopic (exact) mass is 383 g/mol. The predicted octanol–water partition coefficient (Wildman–Crippen LogP) is 2.39. The van der Waals surface area contributed by atoms with Crippen molar-refractivity contribution >= 4 is 46.3 Å². The summed E-state index contributed by atoms with van der Waals surface area (Å²) in [6, 6.07) is 3.36. The van der Waals surface area contributed by atoms with E-state index in [9.17, 15) is 9.59 Å². The number of carboxylic acid groups (broad SMARTS) is 1. The van der Waals surface area contributed by atoms with Gasteiger partial charge in [0.2, 0.25) is 0 Å². The van der Waals surface area contributed by atoms with Crippen molar-refractivity contribution in [3.05, 3.63) is 22.6 Å². The van der Waals surface area contributed by atoms with Crippen LogP contribution in [-0.4, -0.2) is 54.1 Å². The van der Waals surface area contributed by atoms with E-state index in [4.69, 9.17) is 31.5 Å². The summed E-state index contributed by atoms with van der Waals surface area (Å²) in [6.45, 7) is 0.0421. The van der Waals surface area contributed by atoms with Crippen molar-refractivity contribution in [1.29, 1.82) is 0 Å². The maximum Gasteiger partial charge on any atom is 0.305 e. The van der Waals surface area contributed by atoms with Crippen LogP contribution in [0, 0.1) is 0 Å². The lowest BCUT2D eigenvalue weighted by molar-refractivity contribution is -0.137. The van der Waals surface area contributed by atoms with Gasteiger partial charge in [-0.3, -0.25) is 14.5 Å². The van der Waals surface area contributed by atoms with Crippen molar-refractivity contribution in [2.24, 2.45) is 0 Å². The largest absolute Gasteiger partial charge is 0.496 e. The smallest absolute Gasteiger partial charge is 0.305 e. The Morgan fingerprint density at radius 2 is 1.80 bits per heavy atom. The topological polar surface area (TPSA) is 85.3 Å². The third-order valence-corrected chi connectivity index (χ3v) is 4.82. The fraction of sp³-hybridized carbons (Fsp3) is 0.312. The number of carbonyl (C=O) groups excluding carboxylic acids is 1. The number of thiocarbonyl (C=S) groups is 1. The number of nitrogens with zero attached hydrogens (tertiary/aromatic N) is 1. The second-order valence-corrected chi connectivity index (χ2v) is 6.60. The van der Waals surface area contributed by atoms with E-state index < -0.39 is 5.97 Å². The minimum atomic E-state index is -0.986. The third-order valence-electron chi connectivity index (χ3n) is 3.45. The molecule has 0 radical (unpaired) electrons. The van der Waals surface area contributed by atoms with Crippen molar-refractivity contribution in [1.82, 2.24) is 4.90 Å². The highest BCUT2D eigenvalue weighted by Gasteiger charge is 2.32. The first-order valence-corrected chi connectivity index (χ1v) is 8.41. The summed E-state index contributed by atoms with van der Waals surface area (Å²) in [4.78, 5) is 24.9. The van der Waals surface area contributed by atoms with E-state index >= 15 is 0 Å². The van der Waals surface area contributed by atoms with Crippen molar-refractivity contribution in [2.45, 2.75) is 6.42 Å². The van der Waals surface area contributed by atoms with E-state index in [1.165, 1.54) is 26.2 Å². The van der Waals surface area contributed by atoms with E-state index in [0.29, 0.717) is 32.0 Å². The molecule has 1 fully saturated rings. The number of benzene rings is 1. The lowest BCUT2D eigenvalue weighted by Crippen LogP contribution is -2.30. The van der Waals surface area contributed by atoms with Crippen LogP contribution in [0.15, 0.2) is 17.0 Å². The van der Waals surface area contributed by atoms with Gasteiger partial charge in [-0.05, 0) is 12.1 Å². The highest BCUT2D eigenvalue weighted by atomic mass is 32.2. The molecule has 0 aliphatic carbocycles. The fourth-order valence-corrected chi connectivity index (χ4v) is 3.51. The van der Waals surface area contributed by atoms with Crippen LogP contribution in [0.4, 0.5) is 0 Å². The van der Waals surface area contributed by atoms with Crippen molar-refractivity contribution < 1.29 is 28.9 Å². The number of thioether (sulfide) groups is 1. The summed E-state index contributed by atoms with van der Waals surface area (Å²) in [6.07, 6.45) is 1.47. The molecule has 1 aromatic rings. The van der Waals surface area contributed by atoms with Crippen LogP contribution >= 0.6 is 24.0 Å². The van der Waals surface area contributed by atoms with Gasteiger partial charge in [0.05, 0.1) is 32.7 Å². The molecule has 1 heterocycles. The van der Waals surface area contributed by atoms with Crippen LogP contribution in [-0.2, 0) is 9.59 Å². The number of aliphatic carboxylic acids is 1. The minimum Gasteiger partial charge on any atom is -0.496 e. The number of ether oxygens (including phenoxy) is 3. The third kappa shape index (κ3) is 4.23. The van der Waals surface area contributed by atoms with E-state index in [1.54, 1.807) is 18.2 Å². The molecule has 0 aromatic heterocycles. The van der Waals surface area contributed by atoms with Crippen LogP contribution in [0.25, 0.3) is 6.08 Å². The SMILES string of the molecule is COc1cc(OC)c(OC)cc1/C=C1\SC(=S)N(CCC(=O)O)C1=O. The first-order chi connectivity index (χ1) is 11.9. The van der Waals surface area contributed by atoms with Gasteiger partial charge < -0.3 is 19.3 Å². The zero-order chi connectivity index (χ0) is 18.6. The number of rotatable bonds is 7. The lowest BCUT2D eigenvalue weighted by Gasteiger charge is -2.13. The second kappa shape index (κ2) is 8.21. The Balaban J connectivity index is 2.35. The summed E-state index contributed by atoms with van der Waals surface area (Å²) in [5.41, 5.74) is 0.624. The molecular formula is C16H17NO6S2. The summed E-state index contributed by atoms with van der Waals surface area (Å²) in [7, 11) is 4.54.